The van der Waals surface area contributed by atoms with Crippen molar-refractivity contribution in [3.8, 4) is 11.3 Å². The lowest BCUT2D eigenvalue weighted by molar-refractivity contribution is 0.0787. The quantitative estimate of drug-likeness (QED) is 0.943. The maximum atomic E-state index is 12.7. The molecule has 1 aliphatic rings. The highest BCUT2D eigenvalue weighted by Gasteiger charge is 2.26. The summed E-state index contributed by atoms with van der Waals surface area (Å²) >= 11 is 1.63. The number of nitrogens with zero attached hydrogens (tertiary/aromatic N) is 2. The SMILES string of the molecule is CNCC1CCN(C(=O)c2cccc(-c3csc(C)n3)c2)C1. The summed E-state index contributed by atoms with van der Waals surface area (Å²) in [6, 6.07) is 7.82. The summed E-state index contributed by atoms with van der Waals surface area (Å²) in [6.45, 7) is 4.67. The predicted octanol–water partition coefficient (Wildman–Crippen LogP) is 2.80. The van der Waals surface area contributed by atoms with Crippen molar-refractivity contribution in [1.82, 2.24) is 15.2 Å². The summed E-state index contributed by atoms with van der Waals surface area (Å²) < 4.78 is 0. The summed E-state index contributed by atoms with van der Waals surface area (Å²) in [5.74, 6) is 0.700. The molecule has 2 aromatic rings. The van der Waals surface area contributed by atoms with Crippen LogP contribution in [0.1, 0.15) is 21.8 Å². The van der Waals surface area contributed by atoms with E-state index in [1.165, 1.54) is 0 Å². The van der Waals surface area contributed by atoms with Gasteiger partial charge in [-0.25, -0.2) is 4.98 Å². The van der Waals surface area contributed by atoms with Crippen molar-refractivity contribution in [2.75, 3.05) is 26.7 Å². The minimum atomic E-state index is 0.132. The van der Waals surface area contributed by atoms with E-state index in [-0.39, 0.29) is 5.91 Å². The smallest absolute Gasteiger partial charge is 0.253 e. The standard InChI is InChI=1S/C17H21N3OS/c1-12-19-16(11-22-12)14-4-3-5-15(8-14)17(21)20-7-6-13(10-20)9-18-2/h3-5,8,11,13,18H,6-7,9-10H2,1-2H3. The van der Waals surface area contributed by atoms with E-state index in [4.69, 9.17) is 0 Å². The molecule has 1 aromatic carbocycles. The van der Waals surface area contributed by atoms with Gasteiger partial charge in [0.05, 0.1) is 10.7 Å². The highest BCUT2D eigenvalue weighted by Crippen LogP contribution is 2.24. The number of rotatable bonds is 4. The Hall–Kier alpha value is -1.72. The molecule has 116 valence electrons. The number of carbonyl (C=O) groups excluding carboxylic acids is 1. The molecule has 1 amide bonds. The first-order valence-electron chi connectivity index (χ1n) is 7.64. The fourth-order valence-electron chi connectivity index (χ4n) is 2.96. The maximum absolute atomic E-state index is 12.7. The number of amides is 1. The van der Waals surface area contributed by atoms with Gasteiger partial charge in [0.15, 0.2) is 0 Å². The number of hydrogen-bond donors (Lipinski definition) is 1. The molecule has 1 aromatic heterocycles. The molecule has 22 heavy (non-hydrogen) atoms. The largest absolute Gasteiger partial charge is 0.338 e. The van der Waals surface area contributed by atoms with Crippen LogP contribution in [0.3, 0.4) is 0 Å². The van der Waals surface area contributed by atoms with Crippen molar-refractivity contribution < 1.29 is 4.79 Å². The van der Waals surface area contributed by atoms with Crippen molar-refractivity contribution in [1.29, 1.82) is 0 Å². The van der Waals surface area contributed by atoms with Gasteiger partial charge in [-0.2, -0.15) is 0 Å². The molecule has 2 heterocycles. The van der Waals surface area contributed by atoms with Crippen molar-refractivity contribution >= 4 is 17.2 Å². The number of carbonyl (C=O) groups is 1. The molecule has 3 rings (SSSR count). The monoisotopic (exact) mass is 315 g/mol. The third-order valence-corrected chi connectivity index (χ3v) is 4.86. The second-order valence-corrected chi connectivity index (χ2v) is 6.86. The van der Waals surface area contributed by atoms with Crippen LogP contribution in [0.5, 0.6) is 0 Å². The number of thiazole rings is 1. The van der Waals surface area contributed by atoms with E-state index in [2.05, 4.69) is 10.3 Å². The van der Waals surface area contributed by atoms with Gasteiger partial charge in [-0.15, -0.1) is 11.3 Å². The lowest BCUT2D eigenvalue weighted by Gasteiger charge is -2.17. The highest BCUT2D eigenvalue weighted by atomic mass is 32.1. The van der Waals surface area contributed by atoms with E-state index in [1.807, 2.05) is 48.5 Å². The van der Waals surface area contributed by atoms with Gasteiger partial charge in [-0.3, -0.25) is 4.79 Å². The number of aryl methyl sites for hydroxylation is 1. The number of aromatic nitrogens is 1. The molecule has 1 fully saturated rings. The van der Waals surface area contributed by atoms with Crippen LogP contribution in [0.2, 0.25) is 0 Å². The minimum absolute atomic E-state index is 0.132. The molecular weight excluding hydrogens is 294 g/mol. The zero-order valence-electron chi connectivity index (χ0n) is 13.0. The number of hydrogen-bond acceptors (Lipinski definition) is 4. The van der Waals surface area contributed by atoms with Gasteiger partial charge in [0.25, 0.3) is 5.91 Å². The van der Waals surface area contributed by atoms with E-state index in [0.29, 0.717) is 5.92 Å². The molecule has 0 bridgehead atoms. The van der Waals surface area contributed by atoms with E-state index < -0.39 is 0 Å². The Morgan fingerprint density at radius 1 is 1.50 bits per heavy atom. The highest BCUT2D eigenvalue weighted by molar-refractivity contribution is 7.09. The second kappa shape index (κ2) is 6.58. The molecule has 1 unspecified atom stereocenters. The van der Waals surface area contributed by atoms with Gasteiger partial charge in [-0.1, -0.05) is 12.1 Å². The summed E-state index contributed by atoms with van der Waals surface area (Å²) in [6.07, 6.45) is 1.08. The molecule has 1 aliphatic heterocycles. The van der Waals surface area contributed by atoms with E-state index in [9.17, 15) is 4.79 Å². The Morgan fingerprint density at radius 2 is 2.36 bits per heavy atom. The van der Waals surface area contributed by atoms with Gasteiger partial charge in [0.2, 0.25) is 0 Å². The Kier molecular flexibility index (Phi) is 4.55. The Labute approximate surface area is 135 Å². The van der Waals surface area contributed by atoms with E-state index in [1.54, 1.807) is 11.3 Å². The average Bonchev–Trinajstić information content (AvgIpc) is 3.16. The Balaban J connectivity index is 1.76. The van der Waals surface area contributed by atoms with Crippen LogP contribution in [0.25, 0.3) is 11.3 Å². The van der Waals surface area contributed by atoms with Crippen LogP contribution >= 0.6 is 11.3 Å². The number of likely N-dealkylation sites (tertiary alicyclic amines) is 1. The van der Waals surface area contributed by atoms with Crippen LogP contribution in [0.4, 0.5) is 0 Å². The van der Waals surface area contributed by atoms with Crippen molar-refractivity contribution in [3.63, 3.8) is 0 Å². The molecule has 0 saturated carbocycles. The summed E-state index contributed by atoms with van der Waals surface area (Å²) in [5, 5.41) is 6.28. The molecular formula is C17H21N3OS. The van der Waals surface area contributed by atoms with Gasteiger partial charge in [0.1, 0.15) is 0 Å². The molecule has 0 radical (unpaired) electrons. The lowest BCUT2D eigenvalue weighted by Crippen LogP contribution is -2.30. The molecule has 1 atom stereocenters. The van der Waals surface area contributed by atoms with Crippen LogP contribution in [0, 0.1) is 12.8 Å². The molecule has 0 spiro atoms. The predicted molar refractivity (Wildman–Crippen MR) is 90.2 cm³/mol. The first-order valence-corrected chi connectivity index (χ1v) is 8.52. The lowest BCUT2D eigenvalue weighted by atomic mass is 10.1. The van der Waals surface area contributed by atoms with Gasteiger partial charge in [-0.05, 0) is 45.0 Å². The van der Waals surface area contributed by atoms with Crippen molar-refractivity contribution in [3.05, 3.63) is 40.2 Å². The van der Waals surface area contributed by atoms with Gasteiger partial charge in [0, 0.05) is 29.6 Å². The summed E-state index contributed by atoms with van der Waals surface area (Å²) in [5.41, 5.74) is 2.72. The third-order valence-electron chi connectivity index (χ3n) is 4.09. The Morgan fingerprint density at radius 3 is 3.09 bits per heavy atom. The van der Waals surface area contributed by atoms with Crippen LogP contribution < -0.4 is 5.32 Å². The molecule has 5 heteroatoms. The van der Waals surface area contributed by atoms with E-state index in [0.717, 1.165) is 47.9 Å². The zero-order chi connectivity index (χ0) is 15.5. The molecule has 1 saturated heterocycles. The van der Waals surface area contributed by atoms with Crippen molar-refractivity contribution in [2.45, 2.75) is 13.3 Å². The number of benzene rings is 1. The number of nitrogens with one attached hydrogen (secondary N) is 1. The molecule has 0 aliphatic carbocycles. The second-order valence-electron chi connectivity index (χ2n) is 5.80. The van der Waals surface area contributed by atoms with Gasteiger partial charge >= 0.3 is 0 Å². The topological polar surface area (TPSA) is 45.2 Å². The molecule has 1 N–H and O–H groups in total. The normalized spacial score (nSPS) is 17.9. The summed E-state index contributed by atoms with van der Waals surface area (Å²) in [7, 11) is 1.96. The van der Waals surface area contributed by atoms with Crippen LogP contribution in [0.15, 0.2) is 29.6 Å². The fraction of sp³-hybridized carbons (Fsp3) is 0.412. The zero-order valence-corrected chi connectivity index (χ0v) is 13.8. The first-order chi connectivity index (χ1) is 10.7. The van der Waals surface area contributed by atoms with Crippen LogP contribution in [-0.4, -0.2) is 42.5 Å². The van der Waals surface area contributed by atoms with Crippen molar-refractivity contribution in [2.24, 2.45) is 5.92 Å². The first kappa shape index (κ1) is 15.2. The maximum Gasteiger partial charge on any atom is 0.253 e. The third kappa shape index (κ3) is 3.20. The van der Waals surface area contributed by atoms with Crippen LogP contribution in [-0.2, 0) is 0 Å². The van der Waals surface area contributed by atoms with E-state index >= 15 is 0 Å². The Bertz CT molecular complexity index is 667. The minimum Gasteiger partial charge on any atom is -0.338 e. The summed E-state index contributed by atoms with van der Waals surface area (Å²) in [4.78, 5) is 19.1. The average molecular weight is 315 g/mol. The molecule has 4 nitrogen and oxygen atoms in total. The fourth-order valence-corrected chi connectivity index (χ4v) is 3.58. The van der Waals surface area contributed by atoms with Gasteiger partial charge < -0.3 is 10.2 Å².